The third kappa shape index (κ3) is 4.30. The van der Waals surface area contributed by atoms with Gasteiger partial charge in [-0.15, -0.1) is 0 Å². The van der Waals surface area contributed by atoms with Crippen LogP contribution in [0.5, 0.6) is 0 Å². The largest absolute Gasteiger partial charge is 0.326 e. The van der Waals surface area contributed by atoms with Gasteiger partial charge in [0.1, 0.15) is 0 Å². The number of halogens is 1. The van der Waals surface area contributed by atoms with Crippen LogP contribution >= 0.6 is 11.6 Å². The second kappa shape index (κ2) is 8.23. The molecular weight excluding hydrogens is 374 g/mol. The fourth-order valence-electron chi connectivity index (χ4n) is 3.97. The molecule has 3 amide bonds. The van der Waals surface area contributed by atoms with E-state index in [0.717, 1.165) is 18.5 Å². The molecule has 1 aliphatic heterocycles. The van der Waals surface area contributed by atoms with E-state index in [4.69, 9.17) is 11.6 Å². The van der Waals surface area contributed by atoms with Crippen LogP contribution in [0.4, 0.5) is 16.2 Å². The highest BCUT2D eigenvalue weighted by molar-refractivity contribution is 6.30. The monoisotopic (exact) mass is 397 g/mol. The van der Waals surface area contributed by atoms with E-state index in [-0.39, 0.29) is 17.9 Å². The molecule has 0 aromatic heterocycles. The van der Waals surface area contributed by atoms with Crippen LogP contribution in [0.3, 0.4) is 0 Å². The van der Waals surface area contributed by atoms with Crippen molar-refractivity contribution in [2.45, 2.75) is 32.1 Å². The van der Waals surface area contributed by atoms with Crippen molar-refractivity contribution in [3.63, 3.8) is 0 Å². The highest BCUT2D eigenvalue weighted by Gasteiger charge is 2.27. The Morgan fingerprint density at radius 3 is 2.32 bits per heavy atom. The van der Waals surface area contributed by atoms with Crippen molar-refractivity contribution in [3.05, 3.63) is 58.6 Å². The van der Waals surface area contributed by atoms with Gasteiger partial charge in [0.05, 0.1) is 0 Å². The van der Waals surface area contributed by atoms with Crippen LogP contribution in [0.2, 0.25) is 5.02 Å². The Labute approximate surface area is 170 Å². The fraction of sp³-hybridized carbons (Fsp3) is 0.364. The second-order valence-corrected chi connectivity index (χ2v) is 7.96. The zero-order valence-corrected chi connectivity index (χ0v) is 16.5. The molecule has 2 aromatic carbocycles. The van der Waals surface area contributed by atoms with Gasteiger partial charge in [0.25, 0.3) is 0 Å². The topological polar surface area (TPSA) is 61.4 Å². The first-order valence-corrected chi connectivity index (χ1v) is 10.2. The van der Waals surface area contributed by atoms with Crippen molar-refractivity contribution in [2.75, 3.05) is 23.7 Å². The zero-order valence-electron chi connectivity index (χ0n) is 15.7. The summed E-state index contributed by atoms with van der Waals surface area (Å²) >= 11 is 5.87. The lowest BCUT2D eigenvalue weighted by Crippen LogP contribution is -2.43. The molecule has 5 nitrogen and oxygen atoms in total. The number of anilines is 2. The lowest BCUT2D eigenvalue weighted by Gasteiger charge is -2.31. The number of carbonyl (C=O) groups is 2. The van der Waals surface area contributed by atoms with Gasteiger partial charge < -0.3 is 15.5 Å². The lowest BCUT2D eigenvalue weighted by molar-refractivity contribution is -0.121. The normalized spacial score (nSPS) is 16.5. The van der Waals surface area contributed by atoms with Crippen LogP contribution in [-0.2, 0) is 17.6 Å². The molecule has 1 aliphatic carbocycles. The number of carbonyl (C=O) groups excluding carboxylic acids is 2. The number of benzene rings is 2. The molecule has 1 heterocycles. The predicted molar refractivity (Wildman–Crippen MR) is 112 cm³/mol. The van der Waals surface area contributed by atoms with Crippen molar-refractivity contribution in [1.82, 2.24) is 4.90 Å². The summed E-state index contributed by atoms with van der Waals surface area (Å²) in [5, 5.41) is 6.57. The van der Waals surface area contributed by atoms with E-state index in [1.165, 1.54) is 17.5 Å². The number of nitrogens with zero attached hydrogens (tertiary/aromatic N) is 1. The van der Waals surface area contributed by atoms with Gasteiger partial charge in [0.15, 0.2) is 0 Å². The highest BCUT2D eigenvalue weighted by atomic mass is 35.5. The summed E-state index contributed by atoms with van der Waals surface area (Å²) in [4.78, 5) is 26.8. The molecule has 2 aliphatic rings. The molecule has 0 unspecified atom stereocenters. The summed E-state index contributed by atoms with van der Waals surface area (Å²) < 4.78 is 0. The molecular formula is C22H24ClN3O2. The Hall–Kier alpha value is -2.53. The van der Waals surface area contributed by atoms with Gasteiger partial charge in [-0.25, -0.2) is 4.79 Å². The van der Waals surface area contributed by atoms with Gasteiger partial charge in [-0.05, 0) is 79.6 Å². The molecule has 28 heavy (non-hydrogen) atoms. The van der Waals surface area contributed by atoms with E-state index in [1.54, 1.807) is 29.2 Å². The van der Waals surface area contributed by atoms with Crippen LogP contribution < -0.4 is 10.6 Å². The molecule has 1 fully saturated rings. The number of piperidine rings is 1. The molecule has 0 bridgehead atoms. The zero-order chi connectivity index (χ0) is 19.5. The Morgan fingerprint density at radius 1 is 0.893 bits per heavy atom. The van der Waals surface area contributed by atoms with Gasteiger partial charge in [-0.2, -0.15) is 0 Å². The summed E-state index contributed by atoms with van der Waals surface area (Å²) in [5.74, 6) is -0.0106. The molecule has 4 rings (SSSR count). The van der Waals surface area contributed by atoms with Gasteiger partial charge in [0.2, 0.25) is 5.91 Å². The number of hydrogen-bond donors (Lipinski definition) is 2. The van der Waals surface area contributed by atoms with Crippen molar-refractivity contribution < 1.29 is 9.59 Å². The molecule has 0 saturated carbocycles. The number of urea groups is 1. The minimum absolute atomic E-state index is 0.0516. The third-order valence-electron chi connectivity index (χ3n) is 5.61. The van der Waals surface area contributed by atoms with Gasteiger partial charge in [-0.3, -0.25) is 4.79 Å². The number of likely N-dealkylation sites (tertiary alicyclic amines) is 1. The van der Waals surface area contributed by atoms with Crippen molar-refractivity contribution in [2.24, 2.45) is 5.92 Å². The predicted octanol–water partition coefficient (Wildman–Crippen LogP) is 4.71. The minimum Gasteiger partial charge on any atom is -0.326 e. The standard InChI is InChI=1S/C22H24ClN3O2/c23-18-5-8-19(9-6-18)25-22(28)26-12-10-16(11-13-26)21(27)24-20-7-4-15-2-1-3-17(15)14-20/h4-9,14,16H,1-3,10-13H2,(H,24,27)(H,25,28). The minimum atomic E-state index is -0.139. The first-order valence-electron chi connectivity index (χ1n) is 9.82. The Kier molecular flexibility index (Phi) is 5.53. The Morgan fingerprint density at radius 2 is 1.57 bits per heavy atom. The Bertz CT molecular complexity index is 874. The molecule has 0 radical (unpaired) electrons. The smallest absolute Gasteiger partial charge is 0.321 e. The number of rotatable bonds is 3. The lowest BCUT2D eigenvalue weighted by atomic mass is 9.96. The summed E-state index contributed by atoms with van der Waals surface area (Å²) in [5.41, 5.74) is 4.35. The maximum atomic E-state index is 12.6. The first kappa shape index (κ1) is 18.8. The van der Waals surface area contributed by atoms with E-state index in [0.29, 0.717) is 36.6 Å². The van der Waals surface area contributed by atoms with Crippen LogP contribution in [0.25, 0.3) is 0 Å². The fourth-order valence-corrected chi connectivity index (χ4v) is 4.10. The SMILES string of the molecule is O=C(Nc1ccc2c(c1)CCC2)C1CCN(C(=O)Nc2ccc(Cl)cc2)CC1. The molecule has 1 saturated heterocycles. The summed E-state index contributed by atoms with van der Waals surface area (Å²) in [7, 11) is 0. The summed E-state index contributed by atoms with van der Waals surface area (Å²) in [6, 6.07) is 13.1. The molecule has 0 spiro atoms. The molecule has 6 heteroatoms. The third-order valence-corrected chi connectivity index (χ3v) is 5.87. The average molecular weight is 398 g/mol. The van der Waals surface area contributed by atoms with Gasteiger partial charge in [-0.1, -0.05) is 17.7 Å². The average Bonchev–Trinajstić information content (AvgIpc) is 3.17. The van der Waals surface area contributed by atoms with Crippen molar-refractivity contribution >= 4 is 34.9 Å². The number of fused-ring (bicyclic) bond motifs is 1. The first-order chi connectivity index (χ1) is 13.6. The summed E-state index contributed by atoms with van der Waals surface area (Å²) in [6.07, 6.45) is 4.78. The van der Waals surface area contributed by atoms with Crippen LogP contribution in [0, 0.1) is 5.92 Å². The second-order valence-electron chi connectivity index (χ2n) is 7.52. The van der Waals surface area contributed by atoms with Crippen molar-refractivity contribution in [3.8, 4) is 0 Å². The number of hydrogen-bond acceptors (Lipinski definition) is 2. The molecule has 146 valence electrons. The van der Waals surface area contributed by atoms with Crippen LogP contribution in [0.15, 0.2) is 42.5 Å². The van der Waals surface area contributed by atoms with E-state index >= 15 is 0 Å². The summed E-state index contributed by atoms with van der Waals surface area (Å²) in [6.45, 7) is 1.14. The van der Waals surface area contributed by atoms with E-state index in [9.17, 15) is 9.59 Å². The maximum absolute atomic E-state index is 12.6. The van der Waals surface area contributed by atoms with E-state index < -0.39 is 0 Å². The van der Waals surface area contributed by atoms with Crippen molar-refractivity contribution in [1.29, 1.82) is 0 Å². The molecule has 2 N–H and O–H groups in total. The number of nitrogens with one attached hydrogen (secondary N) is 2. The molecule has 2 aromatic rings. The molecule has 0 atom stereocenters. The maximum Gasteiger partial charge on any atom is 0.321 e. The van der Waals surface area contributed by atoms with E-state index in [1.807, 2.05) is 6.07 Å². The quantitative estimate of drug-likeness (QED) is 0.787. The van der Waals surface area contributed by atoms with Crippen LogP contribution in [-0.4, -0.2) is 29.9 Å². The van der Waals surface area contributed by atoms with E-state index in [2.05, 4.69) is 22.8 Å². The number of aryl methyl sites for hydroxylation is 2. The van der Waals surface area contributed by atoms with Crippen LogP contribution in [0.1, 0.15) is 30.4 Å². The van der Waals surface area contributed by atoms with Gasteiger partial charge in [0, 0.05) is 35.4 Å². The number of amides is 3. The van der Waals surface area contributed by atoms with Gasteiger partial charge >= 0.3 is 6.03 Å². The Balaban J connectivity index is 1.28. The highest BCUT2D eigenvalue weighted by Crippen LogP contribution is 2.26.